The molecule has 0 heterocycles. The van der Waals surface area contributed by atoms with Crippen molar-refractivity contribution in [3.8, 4) is 5.75 Å². The minimum atomic E-state index is -0.452. The van der Waals surface area contributed by atoms with Crippen molar-refractivity contribution in [3.63, 3.8) is 0 Å². The number of hydrogen-bond acceptors (Lipinski definition) is 4. The Labute approximate surface area is 106 Å². The minimum absolute atomic E-state index is 0.0693. The van der Waals surface area contributed by atoms with Crippen LogP contribution >= 0.6 is 0 Å². The molecule has 0 aliphatic rings. The second-order valence-electron chi connectivity index (χ2n) is 4.04. The van der Waals surface area contributed by atoms with Crippen LogP contribution in [0.15, 0.2) is 24.3 Å². The lowest BCUT2D eigenvalue weighted by Gasteiger charge is -2.09. The fraction of sp³-hybridized carbons (Fsp3) is 0.385. The van der Waals surface area contributed by atoms with Crippen LogP contribution < -0.4 is 10.1 Å². The van der Waals surface area contributed by atoms with Crippen molar-refractivity contribution < 1.29 is 19.1 Å². The van der Waals surface area contributed by atoms with Crippen LogP contribution in [0.1, 0.15) is 13.8 Å². The first kappa shape index (κ1) is 14.0. The maximum Gasteiger partial charge on any atom is 0.343 e. The van der Waals surface area contributed by atoms with Crippen LogP contribution in [0.3, 0.4) is 0 Å². The standard InChI is InChI=1S/C13H17NO4/c1-9(2)13(16)14-10-5-4-6-11(7-10)18-8-12(15)17-3/h4-7,9H,8H2,1-3H3,(H,14,16). The highest BCUT2D eigenvalue weighted by Gasteiger charge is 2.08. The summed E-state index contributed by atoms with van der Waals surface area (Å²) >= 11 is 0. The highest BCUT2D eigenvalue weighted by atomic mass is 16.6. The van der Waals surface area contributed by atoms with Crippen LogP contribution in [0.5, 0.6) is 5.75 Å². The summed E-state index contributed by atoms with van der Waals surface area (Å²) in [6, 6.07) is 6.85. The van der Waals surface area contributed by atoms with Crippen LogP contribution in [0.2, 0.25) is 0 Å². The number of carbonyl (C=O) groups is 2. The molecule has 1 aromatic carbocycles. The largest absolute Gasteiger partial charge is 0.482 e. The molecule has 98 valence electrons. The molecule has 0 atom stereocenters. The highest BCUT2D eigenvalue weighted by molar-refractivity contribution is 5.92. The number of amides is 1. The lowest BCUT2D eigenvalue weighted by Crippen LogP contribution is -2.17. The van der Waals surface area contributed by atoms with Gasteiger partial charge in [-0.2, -0.15) is 0 Å². The van der Waals surface area contributed by atoms with E-state index in [2.05, 4.69) is 10.1 Å². The quantitative estimate of drug-likeness (QED) is 0.811. The number of carbonyl (C=O) groups excluding carboxylic acids is 2. The van der Waals surface area contributed by atoms with E-state index in [1.807, 2.05) is 13.8 Å². The van der Waals surface area contributed by atoms with Gasteiger partial charge in [-0.25, -0.2) is 4.79 Å². The smallest absolute Gasteiger partial charge is 0.343 e. The van der Waals surface area contributed by atoms with E-state index in [9.17, 15) is 9.59 Å². The van der Waals surface area contributed by atoms with E-state index in [1.165, 1.54) is 7.11 Å². The van der Waals surface area contributed by atoms with Crippen LogP contribution in [0.4, 0.5) is 5.69 Å². The Balaban J connectivity index is 2.62. The van der Waals surface area contributed by atoms with Gasteiger partial charge in [0.15, 0.2) is 6.61 Å². The summed E-state index contributed by atoms with van der Waals surface area (Å²) < 4.78 is 9.68. The van der Waals surface area contributed by atoms with E-state index >= 15 is 0 Å². The minimum Gasteiger partial charge on any atom is -0.482 e. The zero-order chi connectivity index (χ0) is 13.5. The van der Waals surface area contributed by atoms with Gasteiger partial charge in [0.2, 0.25) is 5.91 Å². The maximum atomic E-state index is 11.5. The van der Waals surface area contributed by atoms with E-state index in [-0.39, 0.29) is 18.4 Å². The van der Waals surface area contributed by atoms with E-state index in [1.54, 1.807) is 24.3 Å². The molecule has 0 aromatic heterocycles. The van der Waals surface area contributed by atoms with Crippen molar-refractivity contribution in [2.45, 2.75) is 13.8 Å². The SMILES string of the molecule is COC(=O)COc1cccc(NC(=O)C(C)C)c1. The summed E-state index contributed by atoms with van der Waals surface area (Å²) in [5.41, 5.74) is 0.635. The molecule has 18 heavy (non-hydrogen) atoms. The van der Waals surface area contributed by atoms with Gasteiger partial charge in [0.1, 0.15) is 5.75 Å². The lowest BCUT2D eigenvalue weighted by molar-refractivity contribution is -0.142. The number of esters is 1. The molecule has 1 N–H and O–H groups in total. The summed E-state index contributed by atoms with van der Waals surface area (Å²) in [4.78, 5) is 22.4. The molecular formula is C13H17NO4. The first-order valence-electron chi connectivity index (χ1n) is 5.63. The van der Waals surface area contributed by atoms with Gasteiger partial charge in [-0.1, -0.05) is 19.9 Å². The predicted molar refractivity (Wildman–Crippen MR) is 67.4 cm³/mol. The highest BCUT2D eigenvalue weighted by Crippen LogP contribution is 2.17. The molecule has 0 aliphatic heterocycles. The van der Waals surface area contributed by atoms with E-state index in [4.69, 9.17) is 4.74 Å². The van der Waals surface area contributed by atoms with Gasteiger partial charge in [0.05, 0.1) is 7.11 Å². The zero-order valence-electron chi connectivity index (χ0n) is 10.7. The molecule has 5 nitrogen and oxygen atoms in total. The van der Waals surface area contributed by atoms with Crippen LogP contribution in [0.25, 0.3) is 0 Å². The van der Waals surface area contributed by atoms with E-state index < -0.39 is 5.97 Å². The van der Waals surface area contributed by atoms with E-state index in [0.717, 1.165) is 0 Å². The van der Waals surface area contributed by atoms with Crippen molar-refractivity contribution in [2.24, 2.45) is 5.92 Å². The molecule has 0 aliphatic carbocycles. The van der Waals surface area contributed by atoms with Crippen molar-refractivity contribution in [3.05, 3.63) is 24.3 Å². The Morgan fingerprint density at radius 1 is 1.33 bits per heavy atom. The Kier molecular flexibility index (Phi) is 5.17. The lowest BCUT2D eigenvalue weighted by atomic mass is 10.2. The average Bonchev–Trinajstić information content (AvgIpc) is 2.36. The summed E-state index contributed by atoms with van der Waals surface area (Å²) in [6.07, 6.45) is 0. The Morgan fingerprint density at radius 3 is 2.67 bits per heavy atom. The van der Waals surface area contributed by atoms with Crippen LogP contribution in [-0.4, -0.2) is 25.6 Å². The van der Waals surface area contributed by atoms with Gasteiger partial charge in [0, 0.05) is 17.7 Å². The monoisotopic (exact) mass is 251 g/mol. The molecule has 1 aromatic rings. The predicted octanol–water partition coefficient (Wildman–Crippen LogP) is 1.83. The fourth-order valence-electron chi connectivity index (χ4n) is 1.15. The van der Waals surface area contributed by atoms with Crippen molar-refractivity contribution in [1.29, 1.82) is 0 Å². The van der Waals surface area contributed by atoms with Gasteiger partial charge < -0.3 is 14.8 Å². The third kappa shape index (κ3) is 4.45. The molecule has 0 radical (unpaired) electrons. The molecule has 0 unspecified atom stereocenters. The molecule has 0 saturated heterocycles. The average molecular weight is 251 g/mol. The third-order valence-corrected chi connectivity index (χ3v) is 2.21. The number of nitrogens with one attached hydrogen (secondary N) is 1. The number of hydrogen-bond donors (Lipinski definition) is 1. The molecular weight excluding hydrogens is 234 g/mol. The van der Waals surface area contributed by atoms with Gasteiger partial charge in [-0.05, 0) is 12.1 Å². The molecule has 0 saturated carbocycles. The fourth-order valence-corrected chi connectivity index (χ4v) is 1.15. The Bertz CT molecular complexity index is 429. The van der Waals surface area contributed by atoms with Gasteiger partial charge in [-0.3, -0.25) is 4.79 Å². The Hall–Kier alpha value is -2.04. The Morgan fingerprint density at radius 2 is 2.06 bits per heavy atom. The van der Waals surface area contributed by atoms with Crippen molar-refractivity contribution in [1.82, 2.24) is 0 Å². The summed E-state index contributed by atoms with van der Waals surface area (Å²) in [5, 5.41) is 2.75. The zero-order valence-corrected chi connectivity index (χ0v) is 10.7. The van der Waals surface area contributed by atoms with E-state index in [0.29, 0.717) is 11.4 Å². The molecule has 1 rings (SSSR count). The molecule has 0 fully saturated rings. The first-order chi connectivity index (χ1) is 8.52. The molecule has 0 bridgehead atoms. The second kappa shape index (κ2) is 6.64. The number of rotatable bonds is 5. The van der Waals surface area contributed by atoms with Gasteiger partial charge in [-0.15, -0.1) is 0 Å². The first-order valence-corrected chi connectivity index (χ1v) is 5.63. The van der Waals surface area contributed by atoms with Crippen molar-refractivity contribution >= 4 is 17.6 Å². The van der Waals surface area contributed by atoms with Crippen LogP contribution in [-0.2, 0) is 14.3 Å². The second-order valence-corrected chi connectivity index (χ2v) is 4.04. The van der Waals surface area contributed by atoms with Crippen molar-refractivity contribution in [2.75, 3.05) is 19.0 Å². The summed E-state index contributed by atoms with van der Waals surface area (Å²) in [5.74, 6) is -0.113. The third-order valence-electron chi connectivity index (χ3n) is 2.21. The molecule has 1 amide bonds. The van der Waals surface area contributed by atoms with Gasteiger partial charge in [0.25, 0.3) is 0 Å². The summed E-state index contributed by atoms with van der Waals surface area (Å²) in [7, 11) is 1.30. The van der Waals surface area contributed by atoms with Gasteiger partial charge >= 0.3 is 5.97 Å². The maximum absolute atomic E-state index is 11.5. The summed E-state index contributed by atoms with van der Waals surface area (Å²) in [6.45, 7) is 3.47. The number of benzene rings is 1. The van der Waals surface area contributed by atoms with Crippen LogP contribution in [0, 0.1) is 5.92 Å². The molecule has 5 heteroatoms. The number of anilines is 1. The topological polar surface area (TPSA) is 64.6 Å². The normalized spacial score (nSPS) is 10.0. The number of ether oxygens (including phenoxy) is 2. The molecule has 0 spiro atoms. The number of methoxy groups -OCH3 is 1.